The lowest BCUT2D eigenvalue weighted by atomic mass is 9.81. The van der Waals surface area contributed by atoms with Gasteiger partial charge in [-0.25, -0.2) is 4.98 Å². The van der Waals surface area contributed by atoms with Crippen molar-refractivity contribution in [1.29, 1.82) is 0 Å². The Hall–Kier alpha value is -1.85. The third kappa shape index (κ3) is 2.34. The zero-order valence-electron chi connectivity index (χ0n) is 13.5. The van der Waals surface area contributed by atoms with Gasteiger partial charge in [0.1, 0.15) is 12.9 Å². The SMILES string of the molecule is COCc1nc(C(=O)N2CC3(CCCC3)c3cccc(Cl)c32)co1. The van der Waals surface area contributed by atoms with E-state index in [-0.39, 0.29) is 17.9 Å². The van der Waals surface area contributed by atoms with Gasteiger partial charge in [0.05, 0.1) is 10.7 Å². The molecule has 1 aliphatic heterocycles. The van der Waals surface area contributed by atoms with Gasteiger partial charge in [-0.05, 0) is 24.5 Å². The highest BCUT2D eigenvalue weighted by Gasteiger charge is 2.47. The molecule has 0 bridgehead atoms. The zero-order valence-corrected chi connectivity index (χ0v) is 14.3. The molecule has 1 amide bonds. The van der Waals surface area contributed by atoms with Crippen molar-refractivity contribution in [1.82, 2.24) is 4.98 Å². The number of carbonyl (C=O) groups excluding carboxylic acids is 1. The molecular weight excluding hydrogens is 328 g/mol. The largest absolute Gasteiger partial charge is 0.446 e. The van der Waals surface area contributed by atoms with Gasteiger partial charge in [0.2, 0.25) is 5.89 Å². The second kappa shape index (κ2) is 5.90. The van der Waals surface area contributed by atoms with E-state index < -0.39 is 0 Å². The molecule has 4 rings (SSSR count). The molecule has 1 fully saturated rings. The van der Waals surface area contributed by atoms with Crippen LogP contribution in [0.25, 0.3) is 0 Å². The Morgan fingerprint density at radius 1 is 1.42 bits per heavy atom. The molecule has 0 unspecified atom stereocenters. The average Bonchev–Trinajstić information content (AvgIpc) is 3.29. The van der Waals surface area contributed by atoms with Crippen molar-refractivity contribution in [2.75, 3.05) is 18.6 Å². The van der Waals surface area contributed by atoms with Crippen LogP contribution in [0.2, 0.25) is 5.02 Å². The highest BCUT2D eigenvalue weighted by Crippen LogP contribution is 2.52. The molecule has 1 spiro atoms. The number of aromatic nitrogens is 1. The van der Waals surface area contributed by atoms with Crippen LogP contribution in [-0.4, -0.2) is 24.5 Å². The number of oxazole rings is 1. The van der Waals surface area contributed by atoms with Crippen LogP contribution in [0.5, 0.6) is 0 Å². The maximum Gasteiger partial charge on any atom is 0.280 e. The molecule has 0 atom stereocenters. The van der Waals surface area contributed by atoms with E-state index in [4.69, 9.17) is 20.8 Å². The van der Waals surface area contributed by atoms with Crippen molar-refractivity contribution in [3.63, 3.8) is 0 Å². The number of ether oxygens (including phenoxy) is 1. The Bertz CT molecular complexity index is 780. The third-order valence-electron chi connectivity index (χ3n) is 5.13. The van der Waals surface area contributed by atoms with Crippen molar-refractivity contribution >= 4 is 23.2 Å². The first kappa shape index (κ1) is 15.7. The number of rotatable bonds is 3. The molecule has 0 radical (unpaired) electrons. The molecule has 0 saturated heterocycles. The summed E-state index contributed by atoms with van der Waals surface area (Å²) in [7, 11) is 1.56. The number of hydrogen-bond acceptors (Lipinski definition) is 4. The average molecular weight is 347 g/mol. The van der Waals surface area contributed by atoms with Gasteiger partial charge >= 0.3 is 0 Å². The number of para-hydroxylation sites is 1. The second-order valence-corrected chi connectivity index (χ2v) is 6.98. The lowest BCUT2D eigenvalue weighted by molar-refractivity contribution is 0.0980. The summed E-state index contributed by atoms with van der Waals surface area (Å²) in [5.41, 5.74) is 2.36. The molecule has 1 saturated carbocycles. The van der Waals surface area contributed by atoms with E-state index in [9.17, 15) is 4.79 Å². The smallest absolute Gasteiger partial charge is 0.280 e. The van der Waals surface area contributed by atoms with Crippen LogP contribution in [0.3, 0.4) is 0 Å². The highest BCUT2D eigenvalue weighted by molar-refractivity contribution is 6.34. The lowest BCUT2D eigenvalue weighted by Gasteiger charge is -2.24. The minimum atomic E-state index is -0.167. The van der Waals surface area contributed by atoms with Gasteiger partial charge in [-0.15, -0.1) is 0 Å². The Kier molecular flexibility index (Phi) is 3.85. The van der Waals surface area contributed by atoms with E-state index in [1.54, 1.807) is 12.0 Å². The first-order valence-corrected chi connectivity index (χ1v) is 8.57. The number of nitrogens with zero attached hydrogens (tertiary/aromatic N) is 2. The summed E-state index contributed by atoms with van der Waals surface area (Å²) in [6.45, 7) is 0.909. The van der Waals surface area contributed by atoms with Crippen LogP contribution < -0.4 is 4.90 Å². The number of benzene rings is 1. The Balaban J connectivity index is 1.72. The Morgan fingerprint density at radius 3 is 2.96 bits per heavy atom. The van der Waals surface area contributed by atoms with Crippen molar-refractivity contribution in [2.24, 2.45) is 0 Å². The van der Waals surface area contributed by atoms with Crippen LogP contribution in [0.4, 0.5) is 5.69 Å². The van der Waals surface area contributed by atoms with Crippen LogP contribution in [-0.2, 0) is 16.8 Å². The molecule has 2 aliphatic rings. The monoisotopic (exact) mass is 346 g/mol. The molecule has 2 aromatic rings. The quantitative estimate of drug-likeness (QED) is 0.844. The van der Waals surface area contributed by atoms with Crippen LogP contribution >= 0.6 is 11.6 Å². The number of fused-ring (bicyclic) bond motifs is 2. The van der Waals surface area contributed by atoms with E-state index in [1.165, 1.54) is 24.7 Å². The zero-order chi connectivity index (χ0) is 16.7. The lowest BCUT2D eigenvalue weighted by Crippen LogP contribution is -2.35. The van der Waals surface area contributed by atoms with Gasteiger partial charge in [-0.3, -0.25) is 4.79 Å². The predicted octanol–water partition coefficient (Wildman–Crippen LogP) is 3.95. The van der Waals surface area contributed by atoms with Crippen LogP contribution in [0, 0.1) is 0 Å². The fourth-order valence-electron chi connectivity index (χ4n) is 4.07. The van der Waals surface area contributed by atoms with Gasteiger partial charge < -0.3 is 14.1 Å². The maximum atomic E-state index is 13.0. The summed E-state index contributed by atoms with van der Waals surface area (Å²) in [5, 5.41) is 0.616. The standard InChI is InChI=1S/C18H19ClN2O3/c1-23-10-15-20-14(9-24-15)17(22)21-11-18(7-2-3-8-18)12-5-4-6-13(19)16(12)21/h4-6,9H,2-3,7-8,10-11H2,1H3. The van der Waals surface area contributed by atoms with Gasteiger partial charge in [-0.2, -0.15) is 0 Å². The molecule has 2 heterocycles. The van der Waals surface area contributed by atoms with Crippen molar-refractivity contribution in [2.45, 2.75) is 37.7 Å². The summed E-state index contributed by atoms with van der Waals surface area (Å²) in [6, 6.07) is 5.93. The van der Waals surface area contributed by atoms with Crippen LogP contribution in [0.1, 0.15) is 47.6 Å². The van der Waals surface area contributed by atoms with E-state index in [1.807, 2.05) is 12.1 Å². The predicted molar refractivity (Wildman–Crippen MR) is 90.5 cm³/mol. The summed E-state index contributed by atoms with van der Waals surface area (Å²) >= 11 is 6.45. The summed E-state index contributed by atoms with van der Waals surface area (Å²) in [6.07, 6.45) is 5.97. The van der Waals surface area contributed by atoms with E-state index >= 15 is 0 Å². The minimum Gasteiger partial charge on any atom is -0.446 e. The fourth-order valence-corrected chi connectivity index (χ4v) is 4.35. The molecular formula is C18H19ClN2O3. The van der Waals surface area contributed by atoms with Gasteiger partial charge in [0.15, 0.2) is 5.69 Å². The molecule has 0 N–H and O–H groups in total. The number of anilines is 1. The normalized spacial score (nSPS) is 18.3. The van der Waals surface area contributed by atoms with Gasteiger partial charge in [0.25, 0.3) is 5.91 Å². The number of hydrogen-bond donors (Lipinski definition) is 0. The first-order valence-electron chi connectivity index (χ1n) is 8.19. The second-order valence-electron chi connectivity index (χ2n) is 6.57. The van der Waals surface area contributed by atoms with Crippen LogP contribution in [0.15, 0.2) is 28.9 Å². The third-order valence-corrected chi connectivity index (χ3v) is 5.44. The van der Waals surface area contributed by atoms with E-state index in [0.29, 0.717) is 23.2 Å². The summed E-state index contributed by atoms with van der Waals surface area (Å²) < 4.78 is 10.3. The fraction of sp³-hybridized carbons (Fsp3) is 0.444. The summed E-state index contributed by atoms with van der Waals surface area (Å²) in [5.74, 6) is 0.231. The molecule has 6 heteroatoms. The van der Waals surface area contributed by atoms with Gasteiger partial charge in [0, 0.05) is 19.1 Å². The number of halogens is 1. The summed E-state index contributed by atoms with van der Waals surface area (Å²) in [4.78, 5) is 19.0. The Labute approximate surface area is 145 Å². The van der Waals surface area contributed by atoms with E-state index in [2.05, 4.69) is 11.1 Å². The first-order chi connectivity index (χ1) is 11.6. The van der Waals surface area contributed by atoms with Crippen molar-refractivity contribution in [3.8, 4) is 0 Å². The number of carbonyl (C=O) groups is 1. The highest BCUT2D eigenvalue weighted by atomic mass is 35.5. The van der Waals surface area contributed by atoms with E-state index in [0.717, 1.165) is 18.5 Å². The molecule has 24 heavy (non-hydrogen) atoms. The molecule has 1 aromatic carbocycles. The Morgan fingerprint density at radius 2 is 2.21 bits per heavy atom. The molecule has 1 aliphatic carbocycles. The number of methoxy groups -OCH3 is 1. The molecule has 5 nitrogen and oxygen atoms in total. The maximum absolute atomic E-state index is 13.0. The minimum absolute atomic E-state index is 0.0367. The van der Waals surface area contributed by atoms with Gasteiger partial charge in [-0.1, -0.05) is 36.6 Å². The van der Waals surface area contributed by atoms with Crippen molar-refractivity contribution in [3.05, 3.63) is 46.6 Å². The number of amides is 1. The molecule has 126 valence electrons. The topological polar surface area (TPSA) is 55.6 Å². The molecule has 1 aromatic heterocycles. The van der Waals surface area contributed by atoms with Crippen molar-refractivity contribution < 1.29 is 13.9 Å².